The second kappa shape index (κ2) is 9.38. The first-order chi connectivity index (χ1) is 15.0. The number of benzene rings is 3. The Labute approximate surface area is 191 Å². The van der Waals surface area contributed by atoms with Crippen molar-refractivity contribution in [2.24, 2.45) is 5.10 Å². The first kappa shape index (κ1) is 21.2. The van der Waals surface area contributed by atoms with E-state index in [0.717, 1.165) is 38.3 Å². The molecule has 1 heterocycles. The maximum atomic E-state index is 12.2. The minimum absolute atomic E-state index is 0.184. The van der Waals surface area contributed by atoms with E-state index in [1.165, 1.54) is 0 Å². The van der Waals surface area contributed by atoms with Gasteiger partial charge in [-0.3, -0.25) is 4.79 Å². The summed E-state index contributed by atoms with van der Waals surface area (Å²) in [7, 11) is 0. The molecule has 0 saturated heterocycles. The van der Waals surface area contributed by atoms with Crippen LogP contribution < -0.4 is 5.43 Å². The molecule has 1 aromatic heterocycles. The molecule has 0 aliphatic carbocycles. The summed E-state index contributed by atoms with van der Waals surface area (Å²) < 4.78 is 2.22. The number of nitrogens with one attached hydrogen (secondary N) is 1. The predicted octanol–water partition coefficient (Wildman–Crippen LogP) is 6.00. The number of carbonyl (C=O) groups is 1. The van der Waals surface area contributed by atoms with Crippen molar-refractivity contribution in [1.29, 1.82) is 0 Å². The highest BCUT2D eigenvalue weighted by atomic mass is 35.5. The lowest BCUT2D eigenvalue weighted by molar-refractivity contribution is -0.120. The van der Waals surface area contributed by atoms with Gasteiger partial charge in [0.1, 0.15) is 0 Å². The van der Waals surface area contributed by atoms with Gasteiger partial charge >= 0.3 is 0 Å². The molecule has 0 fully saturated rings. The lowest BCUT2D eigenvalue weighted by Crippen LogP contribution is -2.19. The molecule has 0 spiro atoms. The first-order valence-electron chi connectivity index (χ1n) is 9.90. The molecule has 0 saturated carbocycles. The Bertz CT molecular complexity index is 1260. The molecule has 0 atom stereocenters. The Hall–Kier alpha value is -3.08. The summed E-state index contributed by atoms with van der Waals surface area (Å²) in [6.07, 6.45) is 1.95. The van der Waals surface area contributed by atoms with Gasteiger partial charge in [0.25, 0.3) is 0 Å². The Morgan fingerprint density at radius 1 is 1.00 bits per heavy atom. The third-order valence-electron chi connectivity index (χ3n) is 5.23. The van der Waals surface area contributed by atoms with Crippen LogP contribution in [0.4, 0.5) is 0 Å². The highest BCUT2D eigenvalue weighted by Crippen LogP contribution is 2.27. The van der Waals surface area contributed by atoms with Gasteiger partial charge in [0.05, 0.1) is 12.6 Å². The summed E-state index contributed by atoms with van der Waals surface area (Å²) >= 11 is 12.3. The monoisotopic (exact) mass is 449 g/mol. The van der Waals surface area contributed by atoms with Gasteiger partial charge in [-0.15, -0.1) is 0 Å². The Kier molecular flexibility index (Phi) is 6.40. The van der Waals surface area contributed by atoms with Crippen LogP contribution in [0.2, 0.25) is 10.0 Å². The zero-order valence-corrected chi connectivity index (χ0v) is 18.5. The number of hydrazone groups is 1. The Balaban J connectivity index is 1.56. The fourth-order valence-corrected chi connectivity index (χ4v) is 3.94. The lowest BCUT2D eigenvalue weighted by Gasteiger charge is -2.10. The normalized spacial score (nSPS) is 11.3. The number of carbonyl (C=O) groups excluding carboxylic acids is 1. The molecule has 1 amide bonds. The molecule has 0 aliphatic rings. The average Bonchev–Trinajstić information content (AvgIpc) is 3.03. The highest BCUT2D eigenvalue weighted by Gasteiger charge is 2.13. The molecule has 6 heteroatoms. The highest BCUT2D eigenvalue weighted by molar-refractivity contribution is 6.31. The predicted molar refractivity (Wildman–Crippen MR) is 128 cm³/mol. The number of amides is 1. The van der Waals surface area contributed by atoms with Crippen molar-refractivity contribution in [3.05, 3.63) is 105 Å². The first-order valence-corrected chi connectivity index (χ1v) is 10.7. The molecule has 0 radical (unpaired) electrons. The second-order valence-corrected chi connectivity index (χ2v) is 8.13. The molecule has 3 aromatic carbocycles. The molecule has 156 valence electrons. The van der Waals surface area contributed by atoms with Gasteiger partial charge in [-0.05, 0) is 42.3 Å². The van der Waals surface area contributed by atoms with Crippen LogP contribution in [0.25, 0.3) is 10.9 Å². The molecule has 4 aromatic rings. The molecule has 0 aliphatic heterocycles. The standard InChI is InChI=1S/C25H21Cl2N3O/c1-17-22(15-28-29-25(31)14-18-10-12-20(26)13-11-18)21-7-3-5-9-24(21)30(17)16-19-6-2-4-8-23(19)27/h2-13,15H,14,16H2,1H3,(H,29,31)/b28-15-. The van der Waals surface area contributed by atoms with Crippen molar-refractivity contribution in [2.75, 3.05) is 0 Å². The van der Waals surface area contributed by atoms with Crippen molar-refractivity contribution < 1.29 is 4.79 Å². The fourth-order valence-electron chi connectivity index (χ4n) is 3.62. The average molecular weight is 450 g/mol. The van der Waals surface area contributed by atoms with Gasteiger partial charge in [0, 0.05) is 38.8 Å². The Morgan fingerprint density at radius 3 is 2.48 bits per heavy atom. The van der Waals surface area contributed by atoms with Crippen LogP contribution in [0.15, 0.2) is 77.9 Å². The summed E-state index contributed by atoms with van der Waals surface area (Å²) in [5, 5.41) is 6.67. The summed E-state index contributed by atoms with van der Waals surface area (Å²) in [6.45, 7) is 2.70. The summed E-state index contributed by atoms with van der Waals surface area (Å²) in [5.74, 6) is -0.184. The molecule has 0 unspecified atom stereocenters. The third-order valence-corrected chi connectivity index (χ3v) is 5.85. The number of rotatable bonds is 6. The zero-order chi connectivity index (χ0) is 21.8. The molecule has 4 nitrogen and oxygen atoms in total. The SMILES string of the molecule is Cc1c(/C=N\NC(=O)Cc2ccc(Cl)cc2)c2ccccc2n1Cc1ccccc1Cl. The minimum atomic E-state index is -0.184. The van der Waals surface area contributed by atoms with Gasteiger partial charge in [-0.1, -0.05) is 71.7 Å². The summed E-state index contributed by atoms with van der Waals surface area (Å²) in [4.78, 5) is 12.2. The van der Waals surface area contributed by atoms with Gasteiger partial charge < -0.3 is 4.57 Å². The van der Waals surface area contributed by atoms with Crippen LogP contribution >= 0.6 is 23.2 Å². The number of nitrogens with zero attached hydrogens (tertiary/aromatic N) is 2. The molecular weight excluding hydrogens is 429 g/mol. The minimum Gasteiger partial charge on any atom is -0.340 e. The number of hydrogen-bond acceptors (Lipinski definition) is 2. The van der Waals surface area contributed by atoms with E-state index in [2.05, 4.69) is 27.2 Å². The van der Waals surface area contributed by atoms with Crippen LogP contribution in [0.5, 0.6) is 0 Å². The number of fused-ring (bicyclic) bond motifs is 1. The number of halogens is 2. The van der Waals surface area contributed by atoms with Crippen molar-refractivity contribution >= 4 is 46.2 Å². The van der Waals surface area contributed by atoms with Crippen LogP contribution in [0, 0.1) is 6.92 Å². The maximum absolute atomic E-state index is 12.2. The smallest absolute Gasteiger partial charge is 0.244 e. The van der Waals surface area contributed by atoms with E-state index in [9.17, 15) is 4.79 Å². The van der Waals surface area contributed by atoms with E-state index in [1.807, 2.05) is 55.5 Å². The van der Waals surface area contributed by atoms with Crippen LogP contribution in [-0.4, -0.2) is 16.7 Å². The van der Waals surface area contributed by atoms with E-state index in [4.69, 9.17) is 23.2 Å². The van der Waals surface area contributed by atoms with Gasteiger partial charge in [0.2, 0.25) is 5.91 Å². The molecule has 1 N–H and O–H groups in total. The van der Waals surface area contributed by atoms with Crippen LogP contribution in [-0.2, 0) is 17.8 Å². The fraction of sp³-hybridized carbons (Fsp3) is 0.120. The van der Waals surface area contributed by atoms with Gasteiger partial charge in [0.15, 0.2) is 0 Å². The van der Waals surface area contributed by atoms with E-state index < -0.39 is 0 Å². The lowest BCUT2D eigenvalue weighted by atomic mass is 10.1. The van der Waals surface area contributed by atoms with Crippen molar-refractivity contribution in [1.82, 2.24) is 9.99 Å². The topological polar surface area (TPSA) is 46.4 Å². The van der Waals surface area contributed by atoms with E-state index in [1.54, 1.807) is 18.3 Å². The molecule has 0 bridgehead atoms. The zero-order valence-electron chi connectivity index (χ0n) is 17.0. The van der Waals surface area contributed by atoms with Crippen molar-refractivity contribution in [3.63, 3.8) is 0 Å². The van der Waals surface area contributed by atoms with Crippen molar-refractivity contribution in [3.8, 4) is 0 Å². The van der Waals surface area contributed by atoms with E-state index in [-0.39, 0.29) is 12.3 Å². The summed E-state index contributed by atoms with van der Waals surface area (Å²) in [6, 6.07) is 23.2. The number of para-hydroxylation sites is 1. The number of aromatic nitrogens is 1. The largest absolute Gasteiger partial charge is 0.340 e. The van der Waals surface area contributed by atoms with Gasteiger partial charge in [-0.2, -0.15) is 5.10 Å². The second-order valence-electron chi connectivity index (χ2n) is 7.29. The van der Waals surface area contributed by atoms with E-state index >= 15 is 0 Å². The Morgan fingerprint density at radius 2 is 1.71 bits per heavy atom. The van der Waals surface area contributed by atoms with Gasteiger partial charge in [-0.25, -0.2) is 5.43 Å². The maximum Gasteiger partial charge on any atom is 0.244 e. The molecule has 31 heavy (non-hydrogen) atoms. The van der Waals surface area contributed by atoms with E-state index in [0.29, 0.717) is 11.6 Å². The van der Waals surface area contributed by atoms with Crippen LogP contribution in [0.3, 0.4) is 0 Å². The summed E-state index contributed by atoms with van der Waals surface area (Å²) in [5.41, 5.74) is 7.66. The third kappa shape index (κ3) is 4.82. The van der Waals surface area contributed by atoms with Crippen LogP contribution in [0.1, 0.15) is 22.4 Å². The quantitative estimate of drug-likeness (QED) is 0.284. The number of hydrogen-bond donors (Lipinski definition) is 1. The molecular formula is C25H21Cl2N3O. The molecule has 4 rings (SSSR count). The van der Waals surface area contributed by atoms with Crippen molar-refractivity contribution in [2.45, 2.75) is 19.9 Å².